The summed E-state index contributed by atoms with van der Waals surface area (Å²) in [7, 11) is -3.40. The van der Waals surface area contributed by atoms with Crippen LogP contribution in [0, 0.1) is 0 Å². The Morgan fingerprint density at radius 1 is 1.17 bits per heavy atom. The molecule has 1 aliphatic heterocycles. The zero-order valence-electron chi connectivity index (χ0n) is 13.3. The molecule has 0 saturated carbocycles. The minimum absolute atomic E-state index is 0.0503. The van der Waals surface area contributed by atoms with Gasteiger partial charge in [0.15, 0.2) is 9.84 Å². The van der Waals surface area contributed by atoms with Crippen molar-refractivity contribution in [2.24, 2.45) is 5.73 Å². The Bertz CT molecular complexity index is 692. The molecular weight excluding hydrogens is 312 g/mol. The zero-order valence-corrected chi connectivity index (χ0v) is 14.1. The lowest BCUT2D eigenvalue weighted by molar-refractivity contribution is -0.131. The van der Waals surface area contributed by atoms with E-state index < -0.39 is 9.84 Å². The second-order valence-electron chi connectivity index (χ2n) is 6.57. The highest BCUT2D eigenvalue weighted by Crippen LogP contribution is 2.25. The number of carbonyl (C=O) groups excluding carboxylic acids is 1. The smallest absolute Gasteiger partial charge is 0.223 e. The van der Waals surface area contributed by atoms with Gasteiger partial charge in [0, 0.05) is 25.6 Å². The topological polar surface area (TPSA) is 80.5 Å². The summed E-state index contributed by atoms with van der Waals surface area (Å²) in [6.45, 7) is 1.28. The molecule has 0 aromatic heterocycles. The highest BCUT2D eigenvalue weighted by Gasteiger charge is 2.24. The van der Waals surface area contributed by atoms with E-state index in [1.165, 1.54) is 5.56 Å². The highest BCUT2D eigenvalue weighted by molar-refractivity contribution is 7.91. The molecule has 0 atom stereocenters. The van der Waals surface area contributed by atoms with Crippen molar-refractivity contribution in [3.05, 3.63) is 29.3 Å². The Balaban J connectivity index is 1.61. The van der Waals surface area contributed by atoms with Crippen molar-refractivity contribution in [2.75, 3.05) is 18.8 Å². The van der Waals surface area contributed by atoms with Crippen LogP contribution >= 0.6 is 0 Å². The van der Waals surface area contributed by atoms with Gasteiger partial charge in [-0.1, -0.05) is 6.07 Å². The molecule has 0 spiro atoms. The molecule has 5 nitrogen and oxygen atoms in total. The van der Waals surface area contributed by atoms with Gasteiger partial charge in [0.2, 0.25) is 5.91 Å². The molecule has 0 radical (unpaired) electrons. The summed E-state index contributed by atoms with van der Waals surface area (Å²) in [4.78, 5) is 14.3. The maximum atomic E-state index is 12.5. The maximum Gasteiger partial charge on any atom is 0.223 e. The molecule has 1 saturated heterocycles. The average molecular weight is 336 g/mol. The van der Waals surface area contributed by atoms with Crippen LogP contribution < -0.4 is 5.73 Å². The van der Waals surface area contributed by atoms with E-state index in [-0.39, 0.29) is 24.1 Å². The number of nitrogens with two attached hydrogens (primary N) is 1. The molecule has 2 aliphatic rings. The molecule has 3 rings (SSSR count). The van der Waals surface area contributed by atoms with E-state index in [0.717, 1.165) is 37.7 Å². The first-order chi connectivity index (χ1) is 11.0. The van der Waals surface area contributed by atoms with E-state index in [4.69, 9.17) is 5.73 Å². The van der Waals surface area contributed by atoms with Crippen LogP contribution in [0.4, 0.5) is 0 Å². The van der Waals surface area contributed by atoms with Crippen LogP contribution in [0.15, 0.2) is 23.1 Å². The first-order valence-electron chi connectivity index (χ1n) is 8.33. The minimum Gasteiger partial charge on any atom is -0.343 e. The lowest BCUT2D eigenvalue weighted by Crippen LogP contribution is -2.43. The number of hydrogen-bond donors (Lipinski definition) is 1. The van der Waals surface area contributed by atoms with Gasteiger partial charge in [-0.2, -0.15) is 0 Å². The standard InChI is InChI=1S/C17H24N2O3S/c18-15-6-9-19(10-7-15)17(20)8-11-23(21,22)16-5-4-13-2-1-3-14(13)12-16/h4-5,12,15H,1-3,6-11,18H2. The number of likely N-dealkylation sites (tertiary alicyclic amines) is 1. The summed E-state index contributed by atoms with van der Waals surface area (Å²) in [6.07, 6.45) is 4.71. The molecule has 0 bridgehead atoms. The first-order valence-corrected chi connectivity index (χ1v) is 9.99. The van der Waals surface area contributed by atoms with Gasteiger partial charge in [-0.25, -0.2) is 8.42 Å². The number of carbonyl (C=O) groups is 1. The van der Waals surface area contributed by atoms with Gasteiger partial charge in [0.1, 0.15) is 0 Å². The van der Waals surface area contributed by atoms with Gasteiger partial charge < -0.3 is 10.6 Å². The second-order valence-corrected chi connectivity index (χ2v) is 8.68. The van der Waals surface area contributed by atoms with E-state index in [2.05, 4.69) is 0 Å². The predicted molar refractivity (Wildman–Crippen MR) is 88.9 cm³/mol. The van der Waals surface area contributed by atoms with Crippen molar-refractivity contribution in [2.45, 2.75) is 49.5 Å². The van der Waals surface area contributed by atoms with Crippen LogP contribution in [0.1, 0.15) is 36.8 Å². The summed E-state index contributed by atoms with van der Waals surface area (Å²) in [5, 5.41) is 0. The molecule has 1 aromatic rings. The van der Waals surface area contributed by atoms with Crippen LogP contribution in [0.2, 0.25) is 0 Å². The lowest BCUT2D eigenvalue weighted by Gasteiger charge is -2.30. The van der Waals surface area contributed by atoms with Crippen molar-refractivity contribution in [1.29, 1.82) is 0 Å². The normalized spacial score (nSPS) is 18.9. The van der Waals surface area contributed by atoms with Crippen LogP contribution in [0.5, 0.6) is 0 Å². The molecule has 126 valence electrons. The number of aryl methyl sites for hydroxylation is 2. The fourth-order valence-corrected chi connectivity index (χ4v) is 4.66. The van der Waals surface area contributed by atoms with Crippen LogP contribution in [0.25, 0.3) is 0 Å². The Labute approximate surface area is 137 Å². The highest BCUT2D eigenvalue weighted by atomic mass is 32.2. The van der Waals surface area contributed by atoms with Gasteiger partial charge in [-0.05, 0) is 55.4 Å². The van der Waals surface area contributed by atoms with Crippen molar-refractivity contribution in [3.8, 4) is 0 Å². The number of rotatable bonds is 4. The van der Waals surface area contributed by atoms with Crippen molar-refractivity contribution in [3.63, 3.8) is 0 Å². The fourth-order valence-electron chi connectivity index (χ4n) is 3.39. The number of nitrogens with zero attached hydrogens (tertiary/aromatic N) is 1. The minimum atomic E-state index is -3.40. The molecule has 23 heavy (non-hydrogen) atoms. The Kier molecular flexibility index (Phi) is 4.73. The second kappa shape index (κ2) is 6.61. The Hall–Kier alpha value is -1.40. The van der Waals surface area contributed by atoms with Crippen molar-refractivity contribution < 1.29 is 13.2 Å². The molecule has 1 aliphatic carbocycles. The van der Waals surface area contributed by atoms with Crippen LogP contribution in [-0.2, 0) is 27.5 Å². The molecule has 1 fully saturated rings. The third-order valence-corrected chi connectivity index (χ3v) is 6.62. The summed E-state index contributed by atoms with van der Waals surface area (Å²) in [5.74, 6) is -0.200. The average Bonchev–Trinajstić information content (AvgIpc) is 3.01. The van der Waals surface area contributed by atoms with Gasteiger partial charge in [0.05, 0.1) is 10.6 Å². The van der Waals surface area contributed by atoms with E-state index in [0.29, 0.717) is 18.0 Å². The third kappa shape index (κ3) is 3.75. The van der Waals surface area contributed by atoms with Gasteiger partial charge in [0.25, 0.3) is 0 Å². The number of fused-ring (bicyclic) bond motifs is 1. The monoisotopic (exact) mass is 336 g/mol. The number of piperidine rings is 1. The largest absolute Gasteiger partial charge is 0.343 e. The van der Waals surface area contributed by atoms with Crippen LogP contribution in [0.3, 0.4) is 0 Å². The zero-order chi connectivity index (χ0) is 16.4. The van der Waals surface area contributed by atoms with E-state index in [9.17, 15) is 13.2 Å². The molecule has 1 aromatic carbocycles. The molecule has 1 amide bonds. The molecule has 0 unspecified atom stereocenters. The Morgan fingerprint density at radius 2 is 1.87 bits per heavy atom. The number of hydrogen-bond acceptors (Lipinski definition) is 4. The van der Waals surface area contributed by atoms with Crippen molar-refractivity contribution in [1.82, 2.24) is 4.90 Å². The fraction of sp³-hybridized carbons (Fsp3) is 0.588. The number of amides is 1. The number of benzene rings is 1. The van der Waals surface area contributed by atoms with Crippen LogP contribution in [-0.4, -0.2) is 44.1 Å². The molecule has 2 N–H and O–H groups in total. The third-order valence-electron chi connectivity index (χ3n) is 4.91. The quantitative estimate of drug-likeness (QED) is 0.898. The van der Waals surface area contributed by atoms with Gasteiger partial charge in [-0.15, -0.1) is 0 Å². The van der Waals surface area contributed by atoms with E-state index in [1.54, 1.807) is 17.0 Å². The lowest BCUT2D eigenvalue weighted by atomic mass is 10.1. The summed E-state index contributed by atoms with van der Waals surface area (Å²) >= 11 is 0. The van der Waals surface area contributed by atoms with Gasteiger partial charge >= 0.3 is 0 Å². The van der Waals surface area contributed by atoms with Crippen molar-refractivity contribution >= 4 is 15.7 Å². The van der Waals surface area contributed by atoms with Gasteiger partial charge in [-0.3, -0.25) is 4.79 Å². The molecule has 6 heteroatoms. The molecular formula is C17H24N2O3S. The first kappa shape index (κ1) is 16.5. The molecule has 1 heterocycles. The maximum absolute atomic E-state index is 12.5. The Morgan fingerprint density at radius 3 is 2.61 bits per heavy atom. The summed E-state index contributed by atoms with van der Waals surface area (Å²) in [6, 6.07) is 5.56. The SMILES string of the molecule is NC1CCN(C(=O)CCS(=O)(=O)c2ccc3c(c2)CCC3)CC1. The summed E-state index contributed by atoms with van der Waals surface area (Å²) in [5.41, 5.74) is 8.22. The van der Waals surface area contributed by atoms with E-state index >= 15 is 0 Å². The number of sulfone groups is 1. The van der Waals surface area contributed by atoms with E-state index in [1.807, 2.05) is 6.07 Å². The predicted octanol–water partition coefficient (Wildman–Crippen LogP) is 1.29. The summed E-state index contributed by atoms with van der Waals surface area (Å²) < 4.78 is 25.0.